The van der Waals surface area contributed by atoms with Crippen molar-refractivity contribution in [1.82, 2.24) is 15.6 Å². The molecule has 0 fully saturated rings. The third kappa shape index (κ3) is 6.36. The van der Waals surface area contributed by atoms with Gasteiger partial charge in [-0.15, -0.1) is 0 Å². The van der Waals surface area contributed by atoms with Gasteiger partial charge in [-0.25, -0.2) is 0 Å². The Balaban J connectivity index is 1.24. The first-order valence-corrected chi connectivity index (χ1v) is 13.3. The van der Waals surface area contributed by atoms with Crippen molar-refractivity contribution in [3.05, 3.63) is 113 Å². The Morgan fingerprint density at radius 2 is 1.61 bits per heavy atom. The second-order valence-electron chi connectivity index (χ2n) is 10.0. The number of nitrogens with zero attached hydrogens (tertiary/aromatic N) is 1. The summed E-state index contributed by atoms with van der Waals surface area (Å²) in [7, 11) is 1.70. The Bertz CT molecular complexity index is 1360. The number of aryl methyl sites for hydroxylation is 1. The zero-order valence-corrected chi connectivity index (χ0v) is 22.2. The van der Waals surface area contributed by atoms with Gasteiger partial charge in [-0.2, -0.15) is 0 Å². The Kier molecular flexibility index (Phi) is 8.27. The largest absolute Gasteiger partial charge is 0.385 e. The molecule has 1 aromatic heterocycles. The SMILES string of the molecule is COCCC(Cc1ccc2c(c1)CNCC2)NC(=O)c1ccc(-c2ccc(-c3ccc(C)nc3)cc2)cc1. The third-order valence-electron chi connectivity index (χ3n) is 7.26. The van der Waals surface area contributed by atoms with E-state index in [1.54, 1.807) is 7.11 Å². The van der Waals surface area contributed by atoms with Crippen LogP contribution in [0, 0.1) is 6.92 Å². The number of hydrogen-bond donors (Lipinski definition) is 2. The van der Waals surface area contributed by atoms with Crippen molar-refractivity contribution in [2.45, 2.75) is 38.8 Å². The number of fused-ring (bicyclic) bond motifs is 1. The van der Waals surface area contributed by atoms with Crippen LogP contribution >= 0.6 is 0 Å². The Morgan fingerprint density at radius 1 is 0.921 bits per heavy atom. The minimum Gasteiger partial charge on any atom is -0.385 e. The molecule has 1 aliphatic rings. The van der Waals surface area contributed by atoms with Crippen LogP contribution in [0.5, 0.6) is 0 Å². The molecule has 38 heavy (non-hydrogen) atoms. The van der Waals surface area contributed by atoms with Gasteiger partial charge < -0.3 is 15.4 Å². The number of ether oxygens (including phenoxy) is 1. The number of aromatic nitrogens is 1. The molecule has 0 spiro atoms. The molecule has 1 unspecified atom stereocenters. The summed E-state index contributed by atoms with van der Waals surface area (Å²) in [6.07, 6.45) is 4.52. The van der Waals surface area contributed by atoms with Crippen LogP contribution < -0.4 is 10.6 Å². The number of carbonyl (C=O) groups excluding carboxylic acids is 1. The van der Waals surface area contributed by atoms with Crippen molar-refractivity contribution in [2.75, 3.05) is 20.3 Å². The van der Waals surface area contributed by atoms with Crippen molar-refractivity contribution in [3.63, 3.8) is 0 Å². The van der Waals surface area contributed by atoms with Crippen molar-refractivity contribution in [2.24, 2.45) is 0 Å². The zero-order chi connectivity index (χ0) is 26.3. The highest BCUT2D eigenvalue weighted by Crippen LogP contribution is 2.25. The van der Waals surface area contributed by atoms with E-state index in [1.165, 1.54) is 16.7 Å². The topological polar surface area (TPSA) is 63.2 Å². The van der Waals surface area contributed by atoms with Crippen LogP contribution in [0.2, 0.25) is 0 Å². The van der Waals surface area contributed by atoms with Crippen LogP contribution in [0.15, 0.2) is 85.1 Å². The normalized spacial score (nSPS) is 13.5. The molecule has 1 amide bonds. The first kappa shape index (κ1) is 25.8. The van der Waals surface area contributed by atoms with Crippen LogP contribution in [-0.2, 0) is 24.1 Å². The number of nitrogens with one attached hydrogen (secondary N) is 2. The number of amides is 1. The molecule has 2 N–H and O–H groups in total. The molecular weight excluding hydrogens is 470 g/mol. The molecule has 0 aliphatic carbocycles. The molecule has 5 heteroatoms. The van der Waals surface area contributed by atoms with E-state index >= 15 is 0 Å². The van der Waals surface area contributed by atoms with Gasteiger partial charge in [0.15, 0.2) is 0 Å². The monoisotopic (exact) mass is 505 g/mol. The lowest BCUT2D eigenvalue weighted by atomic mass is 9.95. The molecule has 194 valence electrons. The molecule has 0 bridgehead atoms. The molecule has 0 radical (unpaired) electrons. The number of pyridine rings is 1. The van der Waals surface area contributed by atoms with Gasteiger partial charge in [-0.3, -0.25) is 9.78 Å². The molecule has 5 rings (SSSR count). The van der Waals surface area contributed by atoms with Crippen LogP contribution in [0.25, 0.3) is 22.3 Å². The van der Waals surface area contributed by atoms with Gasteiger partial charge in [0.1, 0.15) is 0 Å². The number of methoxy groups -OCH3 is 1. The van der Waals surface area contributed by atoms with Crippen LogP contribution in [0.3, 0.4) is 0 Å². The lowest BCUT2D eigenvalue weighted by molar-refractivity contribution is 0.0925. The van der Waals surface area contributed by atoms with Crippen molar-refractivity contribution in [3.8, 4) is 22.3 Å². The second kappa shape index (κ2) is 12.2. The van der Waals surface area contributed by atoms with E-state index < -0.39 is 0 Å². The molecule has 4 aromatic rings. The van der Waals surface area contributed by atoms with Crippen molar-refractivity contribution < 1.29 is 9.53 Å². The maximum atomic E-state index is 13.1. The number of benzene rings is 3. The van der Waals surface area contributed by atoms with Crippen LogP contribution in [-0.4, -0.2) is 37.2 Å². The van der Waals surface area contributed by atoms with Gasteiger partial charge in [-0.05, 0) is 84.3 Å². The van der Waals surface area contributed by atoms with E-state index in [1.807, 2.05) is 43.5 Å². The first-order chi connectivity index (χ1) is 18.6. The minimum atomic E-state index is -0.0560. The number of hydrogen-bond acceptors (Lipinski definition) is 4. The minimum absolute atomic E-state index is 0.000495. The van der Waals surface area contributed by atoms with E-state index in [0.717, 1.165) is 60.3 Å². The molecule has 0 saturated heterocycles. The zero-order valence-electron chi connectivity index (χ0n) is 22.2. The highest BCUT2D eigenvalue weighted by Gasteiger charge is 2.16. The second-order valence-corrected chi connectivity index (χ2v) is 10.0. The maximum Gasteiger partial charge on any atom is 0.251 e. The van der Waals surface area contributed by atoms with Gasteiger partial charge in [0, 0.05) is 49.3 Å². The van der Waals surface area contributed by atoms with Crippen LogP contribution in [0.1, 0.15) is 39.2 Å². The number of carbonyl (C=O) groups is 1. The molecule has 3 aromatic carbocycles. The lowest BCUT2D eigenvalue weighted by Crippen LogP contribution is -2.37. The average molecular weight is 506 g/mol. The van der Waals surface area contributed by atoms with Gasteiger partial charge in [0.05, 0.1) is 0 Å². The molecule has 1 aliphatic heterocycles. The fourth-order valence-electron chi connectivity index (χ4n) is 5.01. The fourth-order valence-corrected chi connectivity index (χ4v) is 5.01. The Hall–Kier alpha value is -3.80. The lowest BCUT2D eigenvalue weighted by Gasteiger charge is -2.21. The molecular formula is C33H35N3O2. The third-order valence-corrected chi connectivity index (χ3v) is 7.26. The molecule has 0 saturated carbocycles. The number of rotatable bonds is 9. The van der Waals surface area contributed by atoms with Crippen molar-refractivity contribution in [1.29, 1.82) is 0 Å². The summed E-state index contributed by atoms with van der Waals surface area (Å²) < 4.78 is 5.33. The highest BCUT2D eigenvalue weighted by atomic mass is 16.5. The fraction of sp³-hybridized carbons (Fsp3) is 0.273. The maximum absolute atomic E-state index is 13.1. The first-order valence-electron chi connectivity index (χ1n) is 13.3. The average Bonchev–Trinajstić information content (AvgIpc) is 2.96. The van der Waals surface area contributed by atoms with E-state index in [0.29, 0.717) is 12.2 Å². The predicted octanol–water partition coefficient (Wildman–Crippen LogP) is 5.75. The summed E-state index contributed by atoms with van der Waals surface area (Å²) in [5.41, 5.74) is 10.1. The van der Waals surface area contributed by atoms with E-state index in [-0.39, 0.29) is 11.9 Å². The predicted molar refractivity (Wildman–Crippen MR) is 153 cm³/mol. The Morgan fingerprint density at radius 3 is 2.29 bits per heavy atom. The summed E-state index contributed by atoms with van der Waals surface area (Å²) in [6, 6.07) is 27.1. The standard InChI is InChI=1S/C33H35N3O2/c1-23-3-5-30(22-35-23)27-9-7-25(8-10-27)26-11-13-29(14-12-26)33(37)36-32(16-18-38-2)20-24-4-6-28-15-17-34-21-31(28)19-24/h3-14,19,22,32,34H,15-18,20-21H2,1-2H3,(H,36,37). The summed E-state index contributed by atoms with van der Waals surface area (Å²) >= 11 is 0. The Labute approximate surface area is 225 Å². The summed E-state index contributed by atoms with van der Waals surface area (Å²) in [4.78, 5) is 17.5. The molecule has 2 heterocycles. The van der Waals surface area contributed by atoms with E-state index in [2.05, 4.69) is 64.1 Å². The van der Waals surface area contributed by atoms with Gasteiger partial charge in [0.25, 0.3) is 5.91 Å². The summed E-state index contributed by atoms with van der Waals surface area (Å²) in [5, 5.41) is 6.69. The summed E-state index contributed by atoms with van der Waals surface area (Å²) in [6.45, 7) is 4.54. The van der Waals surface area contributed by atoms with Crippen molar-refractivity contribution >= 4 is 5.91 Å². The summed E-state index contributed by atoms with van der Waals surface area (Å²) in [5.74, 6) is -0.0560. The van der Waals surface area contributed by atoms with E-state index in [4.69, 9.17) is 4.74 Å². The van der Waals surface area contributed by atoms with Gasteiger partial charge >= 0.3 is 0 Å². The smallest absolute Gasteiger partial charge is 0.251 e. The van der Waals surface area contributed by atoms with E-state index in [9.17, 15) is 4.79 Å². The van der Waals surface area contributed by atoms with Gasteiger partial charge in [-0.1, -0.05) is 60.7 Å². The van der Waals surface area contributed by atoms with Gasteiger partial charge in [0.2, 0.25) is 0 Å². The highest BCUT2D eigenvalue weighted by molar-refractivity contribution is 5.95. The van der Waals surface area contributed by atoms with Crippen LogP contribution in [0.4, 0.5) is 0 Å². The molecule has 5 nitrogen and oxygen atoms in total. The molecule has 1 atom stereocenters. The quantitative estimate of drug-likeness (QED) is 0.304.